The molecule has 0 bridgehead atoms. The Hall–Kier alpha value is -2.30. The molecule has 0 fully saturated rings. The Balaban J connectivity index is 2.65. The number of aromatic carboxylic acids is 1. The summed E-state index contributed by atoms with van der Waals surface area (Å²) < 4.78 is 10.3. The van der Waals surface area contributed by atoms with Crippen LogP contribution < -0.4 is 4.74 Å². The number of carboxylic acid groups (broad SMARTS) is 1. The summed E-state index contributed by atoms with van der Waals surface area (Å²) in [4.78, 5) is 15.2. The van der Waals surface area contributed by atoms with Crippen molar-refractivity contribution in [2.45, 2.75) is 26.7 Å². The van der Waals surface area contributed by atoms with Crippen molar-refractivity contribution in [3.8, 4) is 17.0 Å². The van der Waals surface area contributed by atoms with Crippen LogP contribution in [0.15, 0.2) is 22.9 Å². The second-order valence-corrected chi connectivity index (χ2v) is 4.90. The molecule has 1 heterocycles. The summed E-state index contributed by atoms with van der Waals surface area (Å²) >= 11 is 0. The first kappa shape index (κ1) is 14.1. The zero-order valence-electron chi connectivity index (χ0n) is 11.9. The van der Waals surface area contributed by atoms with Crippen LogP contribution in [0.2, 0.25) is 0 Å². The zero-order valence-corrected chi connectivity index (χ0v) is 11.9. The van der Waals surface area contributed by atoms with E-state index in [0.29, 0.717) is 5.69 Å². The van der Waals surface area contributed by atoms with Gasteiger partial charge in [0.2, 0.25) is 5.76 Å². The lowest BCUT2D eigenvalue weighted by molar-refractivity contribution is 0.0663. The molecular weight excluding hydrogens is 258 g/mol. The zero-order chi connectivity index (χ0) is 14.9. The number of ether oxygens (including phenoxy) is 1. The lowest BCUT2D eigenvalue weighted by Crippen LogP contribution is -2.01. The molecule has 106 valence electrons. The summed E-state index contributed by atoms with van der Waals surface area (Å²) in [5, 5.41) is 9.13. The van der Waals surface area contributed by atoms with Crippen LogP contribution in [0.4, 0.5) is 0 Å². The quantitative estimate of drug-likeness (QED) is 0.924. The molecule has 2 rings (SSSR count). The fourth-order valence-electron chi connectivity index (χ4n) is 2.17. The van der Waals surface area contributed by atoms with Gasteiger partial charge in [0, 0.05) is 5.56 Å². The second kappa shape index (κ2) is 5.36. The Morgan fingerprint density at radius 1 is 1.40 bits per heavy atom. The smallest absolute Gasteiger partial charge is 0.374 e. The van der Waals surface area contributed by atoms with Crippen molar-refractivity contribution < 1.29 is 19.1 Å². The van der Waals surface area contributed by atoms with Gasteiger partial charge in [-0.15, -0.1) is 0 Å². The Labute approximate surface area is 117 Å². The minimum Gasteiger partial charge on any atom is -0.496 e. The van der Waals surface area contributed by atoms with E-state index in [4.69, 9.17) is 14.3 Å². The van der Waals surface area contributed by atoms with Crippen LogP contribution in [0.5, 0.6) is 5.75 Å². The predicted octanol–water partition coefficient (Wildman–Crippen LogP) is 3.48. The number of methoxy groups -OCH3 is 1. The van der Waals surface area contributed by atoms with Gasteiger partial charge in [0.15, 0.2) is 6.39 Å². The van der Waals surface area contributed by atoms with Gasteiger partial charge >= 0.3 is 5.97 Å². The van der Waals surface area contributed by atoms with Crippen LogP contribution in [0.3, 0.4) is 0 Å². The van der Waals surface area contributed by atoms with Gasteiger partial charge in [-0.05, 0) is 36.1 Å². The maximum absolute atomic E-state index is 11.2. The largest absolute Gasteiger partial charge is 0.496 e. The number of aromatic nitrogens is 1. The number of rotatable bonds is 4. The van der Waals surface area contributed by atoms with Gasteiger partial charge in [0.1, 0.15) is 11.4 Å². The molecule has 0 aliphatic rings. The standard InChI is InChI=1S/C15H17NO4/c1-8(2)10-6-11(9(3)5-12(10)19-4)13-14(15(17)18)20-7-16-13/h5-8H,1-4H3,(H,17,18). The molecule has 2 aromatic rings. The van der Waals surface area contributed by atoms with Gasteiger partial charge in [0.25, 0.3) is 0 Å². The van der Waals surface area contributed by atoms with Crippen molar-refractivity contribution in [2.24, 2.45) is 0 Å². The number of hydrogen-bond acceptors (Lipinski definition) is 4. The first-order valence-corrected chi connectivity index (χ1v) is 6.31. The molecule has 20 heavy (non-hydrogen) atoms. The van der Waals surface area contributed by atoms with E-state index in [-0.39, 0.29) is 11.7 Å². The molecule has 1 aromatic heterocycles. The van der Waals surface area contributed by atoms with Crippen molar-refractivity contribution in [2.75, 3.05) is 7.11 Å². The maximum atomic E-state index is 11.2. The molecule has 5 nitrogen and oxygen atoms in total. The minimum absolute atomic E-state index is 0.145. The van der Waals surface area contributed by atoms with Gasteiger partial charge in [-0.3, -0.25) is 0 Å². The summed E-state index contributed by atoms with van der Waals surface area (Å²) in [5.41, 5.74) is 3.00. The summed E-state index contributed by atoms with van der Waals surface area (Å²) in [6.07, 6.45) is 1.15. The van der Waals surface area contributed by atoms with Crippen LogP contribution in [0, 0.1) is 6.92 Å². The molecule has 0 aliphatic heterocycles. The van der Waals surface area contributed by atoms with E-state index >= 15 is 0 Å². The monoisotopic (exact) mass is 275 g/mol. The number of oxazole rings is 1. The number of carboxylic acids is 1. The summed E-state index contributed by atoms with van der Waals surface area (Å²) in [5.74, 6) is -0.224. The molecule has 1 aromatic carbocycles. The van der Waals surface area contributed by atoms with E-state index in [1.807, 2.05) is 19.1 Å². The number of benzene rings is 1. The highest BCUT2D eigenvalue weighted by atomic mass is 16.5. The van der Waals surface area contributed by atoms with Gasteiger partial charge < -0.3 is 14.3 Å². The highest BCUT2D eigenvalue weighted by Crippen LogP contribution is 2.35. The molecule has 5 heteroatoms. The van der Waals surface area contributed by atoms with Gasteiger partial charge in [-0.2, -0.15) is 0 Å². The van der Waals surface area contributed by atoms with Gasteiger partial charge in [0.05, 0.1) is 7.11 Å². The van der Waals surface area contributed by atoms with Crippen molar-refractivity contribution in [1.29, 1.82) is 0 Å². The van der Waals surface area contributed by atoms with E-state index in [0.717, 1.165) is 28.8 Å². The average molecular weight is 275 g/mol. The van der Waals surface area contributed by atoms with Crippen LogP contribution in [-0.2, 0) is 0 Å². The lowest BCUT2D eigenvalue weighted by Gasteiger charge is -2.15. The normalized spacial score (nSPS) is 10.8. The summed E-state index contributed by atoms with van der Waals surface area (Å²) in [6, 6.07) is 3.81. The first-order valence-electron chi connectivity index (χ1n) is 6.31. The summed E-state index contributed by atoms with van der Waals surface area (Å²) in [6.45, 7) is 6.00. The molecule has 0 amide bonds. The van der Waals surface area contributed by atoms with Gasteiger partial charge in [-0.25, -0.2) is 9.78 Å². The molecule has 0 unspecified atom stereocenters. The highest BCUT2D eigenvalue weighted by Gasteiger charge is 2.21. The molecular formula is C15H17NO4. The number of nitrogens with zero attached hydrogens (tertiary/aromatic N) is 1. The lowest BCUT2D eigenvalue weighted by atomic mass is 9.94. The Morgan fingerprint density at radius 3 is 2.65 bits per heavy atom. The van der Waals surface area contributed by atoms with E-state index < -0.39 is 5.97 Å². The van der Waals surface area contributed by atoms with E-state index in [1.165, 1.54) is 0 Å². The second-order valence-electron chi connectivity index (χ2n) is 4.90. The predicted molar refractivity (Wildman–Crippen MR) is 74.3 cm³/mol. The molecule has 0 saturated heterocycles. The molecule has 0 saturated carbocycles. The topological polar surface area (TPSA) is 72.6 Å². The van der Waals surface area contributed by atoms with Crippen molar-refractivity contribution in [3.05, 3.63) is 35.4 Å². The van der Waals surface area contributed by atoms with Crippen LogP contribution in [0.25, 0.3) is 11.3 Å². The SMILES string of the molecule is COc1cc(C)c(-c2ncoc2C(=O)O)cc1C(C)C. The third-order valence-corrected chi connectivity index (χ3v) is 3.22. The Bertz CT molecular complexity index is 643. The average Bonchev–Trinajstić information content (AvgIpc) is 2.87. The summed E-state index contributed by atoms with van der Waals surface area (Å²) in [7, 11) is 1.62. The van der Waals surface area contributed by atoms with E-state index in [1.54, 1.807) is 7.11 Å². The molecule has 0 aliphatic carbocycles. The molecule has 0 radical (unpaired) electrons. The number of carbonyl (C=O) groups is 1. The minimum atomic E-state index is -1.13. The van der Waals surface area contributed by atoms with Crippen molar-refractivity contribution in [3.63, 3.8) is 0 Å². The Morgan fingerprint density at radius 2 is 2.10 bits per heavy atom. The number of hydrogen-bond donors (Lipinski definition) is 1. The van der Waals surface area contributed by atoms with Gasteiger partial charge in [-0.1, -0.05) is 13.8 Å². The third kappa shape index (κ3) is 2.39. The first-order chi connectivity index (χ1) is 9.45. The third-order valence-electron chi connectivity index (χ3n) is 3.22. The fourth-order valence-corrected chi connectivity index (χ4v) is 2.17. The van der Waals surface area contributed by atoms with Crippen molar-refractivity contribution in [1.82, 2.24) is 4.98 Å². The fraction of sp³-hybridized carbons (Fsp3) is 0.333. The van der Waals surface area contributed by atoms with E-state index in [9.17, 15) is 4.79 Å². The highest BCUT2D eigenvalue weighted by molar-refractivity contribution is 5.92. The maximum Gasteiger partial charge on any atom is 0.374 e. The van der Waals surface area contributed by atoms with Crippen LogP contribution in [-0.4, -0.2) is 23.2 Å². The molecule has 0 atom stereocenters. The Kier molecular flexibility index (Phi) is 3.79. The molecule has 1 N–H and O–H groups in total. The van der Waals surface area contributed by atoms with Crippen LogP contribution >= 0.6 is 0 Å². The van der Waals surface area contributed by atoms with Crippen molar-refractivity contribution >= 4 is 5.97 Å². The van der Waals surface area contributed by atoms with Crippen LogP contribution in [0.1, 0.15) is 41.4 Å². The molecule has 0 spiro atoms. The van der Waals surface area contributed by atoms with E-state index in [2.05, 4.69) is 18.8 Å². The number of aryl methyl sites for hydroxylation is 1.